The summed E-state index contributed by atoms with van der Waals surface area (Å²) in [6, 6.07) is -0.731. The lowest BCUT2D eigenvalue weighted by Gasteiger charge is -2.24. The Morgan fingerprint density at radius 3 is 1.48 bits per heavy atom. The summed E-state index contributed by atoms with van der Waals surface area (Å²) < 4.78 is 5.88. The van der Waals surface area contributed by atoms with Crippen LogP contribution in [0.2, 0.25) is 0 Å². The second kappa shape index (κ2) is 49.8. The molecule has 360 valence electrons. The maximum Gasteiger partial charge on any atom is 0.306 e. The Bertz CT molecular complexity index is 1260. The van der Waals surface area contributed by atoms with Crippen LogP contribution in [0.15, 0.2) is 97.2 Å². The predicted molar refractivity (Wildman–Crippen MR) is 273 cm³/mol. The van der Waals surface area contributed by atoms with Crippen LogP contribution in [0.1, 0.15) is 226 Å². The van der Waals surface area contributed by atoms with Gasteiger partial charge in [0.25, 0.3) is 0 Å². The normalized spacial score (nSPS) is 14.0. The van der Waals surface area contributed by atoms with Crippen LogP contribution in [0, 0.1) is 0 Å². The maximum atomic E-state index is 13.2. The van der Waals surface area contributed by atoms with Crippen molar-refractivity contribution in [2.75, 3.05) is 6.61 Å². The second-order valence-electron chi connectivity index (χ2n) is 17.3. The van der Waals surface area contributed by atoms with Gasteiger partial charge in [-0.15, -0.1) is 0 Å². The molecule has 0 bridgehead atoms. The molecule has 0 aliphatic carbocycles. The van der Waals surface area contributed by atoms with Gasteiger partial charge < -0.3 is 20.3 Å². The fourth-order valence-corrected chi connectivity index (χ4v) is 7.31. The van der Waals surface area contributed by atoms with Gasteiger partial charge in [-0.1, -0.05) is 227 Å². The van der Waals surface area contributed by atoms with Gasteiger partial charge in [-0.25, -0.2) is 0 Å². The molecule has 0 spiro atoms. The van der Waals surface area contributed by atoms with Gasteiger partial charge in [-0.05, 0) is 83.5 Å². The first-order valence-electron chi connectivity index (χ1n) is 26.0. The van der Waals surface area contributed by atoms with Crippen molar-refractivity contribution in [2.24, 2.45) is 0 Å². The van der Waals surface area contributed by atoms with Crippen LogP contribution in [-0.4, -0.2) is 46.9 Å². The Morgan fingerprint density at radius 2 is 0.921 bits per heavy atom. The highest BCUT2D eigenvalue weighted by Gasteiger charge is 2.24. The van der Waals surface area contributed by atoms with Gasteiger partial charge in [0.15, 0.2) is 0 Å². The molecule has 3 unspecified atom stereocenters. The topological polar surface area (TPSA) is 95.9 Å². The third-order valence-electron chi connectivity index (χ3n) is 11.2. The minimum absolute atomic E-state index is 0.0245. The summed E-state index contributed by atoms with van der Waals surface area (Å²) >= 11 is 0. The fourth-order valence-electron chi connectivity index (χ4n) is 7.31. The van der Waals surface area contributed by atoms with E-state index in [0.717, 1.165) is 77.0 Å². The minimum atomic E-state index is -0.813. The van der Waals surface area contributed by atoms with Crippen LogP contribution in [0.25, 0.3) is 0 Å². The number of rotatable bonds is 45. The molecule has 0 fully saturated rings. The van der Waals surface area contributed by atoms with Gasteiger partial charge >= 0.3 is 5.97 Å². The van der Waals surface area contributed by atoms with Crippen LogP contribution >= 0.6 is 0 Å². The molecule has 3 atom stereocenters. The summed E-state index contributed by atoms with van der Waals surface area (Å²) in [4.78, 5) is 26.1. The summed E-state index contributed by atoms with van der Waals surface area (Å²) in [7, 11) is 0. The van der Waals surface area contributed by atoms with Crippen molar-refractivity contribution in [1.29, 1.82) is 0 Å². The van der Waals surface area contributed by atoms with Crippen molar-refractivity contribution in [3.63, 3.8) is 0 Å². The Labute approximate surface area is 388 Å². The lowest BCUT2D eigenvalue weighted by molar-refractivity contribution is -0.151. The lowest BCUT2D eigenvalue weighted by Crippen LogP contribution is -2.46. The van der Waals surface area contributed by atoms with E-state index in [1.807, 2.05) is 30.4 Å². The zero-order valence-electron chi connectivity index (χ0n) is 40.9. The Hall–Kier alpha value is -3.22. The van der Waals surface area contributed by atoms with Gasteiger partial charge in [0.1, 0.15) is 6.10 Å². The van der Waals surface area contributed by atoms with Crippen LogP contribution < -0.4 is 5.32 Å². The number of carbonyl (C=O) groups excluding carboxylic acids is 2. The van der Waals surface area contributed by atoms with E-state index in [-0.39, 0.29) is 24.9 Å². The highest BCUT2D eigenvalue weighted by Crippen LogP contribution is 2.17. The average molecular weight is 876 g/mol. The quantitative estimate of drug-likeness (QED) is 0.0245. The molecule has 6 heteroatoms. The zero-order chi connectivity index (χ0) is 45.9. The average Bonchev–Trinajstić information content (AvgIpc) is 3.28. The van der Waals surface area contributed by atoms with Crippen molar-refractivity contribution in [3.8, 4) is 0 Å². The second-order valence-corrected chi connectivity index (χ2v) is 17.3. The number of amides is 1. The molecule has 0 rings (SSSR count). The lowest BCUT2D eigenvalue weighted by atomic mass is 10.0. The highest BCUT2D eigenvalue weighted by molar-refractivity contribution is 5.77. The molecule has 0 saturated carbocycles. The smallest absolute Gasteiger partial charge is 0.306 e. The Kier molecular flexibility index (Phi) is 47.2. The predicted octanol–water partition coefficient (Wildman–Crippen LogP) is 15.7. The molecule has 0 saturated heterocycles. The summed E-state index contributed by atoms with van der Waals surface area (Å²) in [6.07, 6.45) is 66.1. The van der Waals surface area contributed by atoms with Crippen molar-refractivity contribution in [2.45, 2.75) is 244 Å². The van der Waals surface area contributed by atoms with Gasteiger partial charge in [0.2, 0.25) is 5.91 Å². The van der Waals surface area contributed by atoms with Crippen molar-refractivity contribution in [1.82, 2.24) is 5.32 Å². The number of esters is 1. The minimum Gasteiger partial charge on any atom is -0.462 e. The van der Waals surface area contributed by atoms with E-state index in [1.54, 1.807) is 0 Å². The fraction of sp³-hybridized carbons (Fsp3) is 0.684. The van der Waals surface area contributed by atoms with E-state index in [2.05, 4.69) is 92.9 Å². The third kappa shape index (κ3) is 45.2. The van der Waals surface area contributed by atoms with Crippen LogP contribution in [0.3, 0.4) is 0 Å². The number of hydrogen-bond acceptors (Lipinski definition) is 5. The van der Waals surface area contributed by atoms with Crippen molar-refractivity contribution in [3.05, 3.63) is 97.2 Å². The molecular formula is C57H97NO5. The summed E-state index contributed by atoms with van der Waals surface area (Å²) in [5.74, 6) is -0.587. The summed E-state index contributed by atoms with van der Waals surface area (Å²) in [6.45, 7) is 6.29. The molecule has 0 aromatic rings. The molecule has 6 nitrogen and oxygen atoms in total. The monoisotopic (exact) mass is 876 g/mol. The molecule has 63 heavy (non-hydrogen) atoms. The number of allylic oxidation sites excluding steroid dienone is 16. The van der Waals surface area contributed by atoms with E-state index in [4.69, 9.17) is 4.74 Å². The molecule has 0 radical (unpaired) electrons. The molecule has 0 aliphatic rings. The number of ether oxygens (including phenoxy) is 1. The number of aliphatic hydroxyl groups is 2. The molecular weight excluding hydrogens is 779 g/mol. The standard InChI is InChI=1S/C57H97NO5/c1-4-7-10-13-16-19-22-25-27-28-29-32-35-38-41-44-47-50-57(62)63-53(48-45-42-39-36-33-30-24-21-18-15-12-9-6-3)51-56(61)58-54(52-59)55(60)49-46-43-40-37-34-31-26-23-20-17-14-11-8-5-2/h9,12,15-16,18-19,21,24-25,27,29-30,32-33,38,41,53-55,59-60H,4-8,10-11,13-14,17,20,22-23,26,28,31,34-37,39-40,42-52H2,1-3H3,(H,58,61)/b12-9+,18-15+,19-16-,24-21+,27-25-,32-29-,33-30-,41-38-. The first-order chi connectivity index (χ1) is 31.0. The summed E-state index contributed by atoms with van der Waals surface area (Å²) in [5.41, 5.74) is 0. The number of carbonyl (C=O) groups is 2. The molecule has 0 heterocycles. The summed E-state index contributed by atoms with van der Waals surface area (Å²) in [5, 5.41) is 23.8. The van der Waals surface area contributed by atoms with Crippen LogP contribution in [-0.2, 0) is 14.3 Å². The van der Waals surface area contributed by atoms with Crippen LogP contribution in [0.4, 0.5) is 0 Å². The van der Waals surface area contributed by atoms with E-state index in [9.17, 15) is 19.8 Å². The third-order valence-corrected chi connectivity index (χ3v) is 11.2. The molecule has 0 aromatic carbocycles. The van der Waals surface area contributed by atoms with E-state index in [1.165, 1.54) is 96.3 Å². The zero-order valence-corrected chi connectivity index (χ0v) is 40.9. The van der Waals surface area contributed by atoms with Gasteiger partial charge in [-0.2, -0.15) is 0 Å². The first kappa shape index (κ1) is 59.8. The van der Waals surface area contributed by atoms with Crippen molar-refractivity contribution < 1.29 is 24.5 Å². The Morgan fingerprint density at radius 1 is 0.492 bits per heavy atom. The molecule has 0 aromatic heterocycles. The maximum absolute atomic E-state index is 13.2. The molecule has 3 N–H and O–H groups in total. The number of nitrogens with one attached hydrogen (secondary N) is 1. The number of unbranched alkanes of at least 4 members (excludes halogenated alkanes) is 20. The van der Waals surface area contributed by atoms with Gasteiger partial charge in [-0.3, -0.25) is 9.59 Å². The van der Waals surface area contributed by atoms with Gasteiger partial charge in [0, 0.05) is 6.42 Å². The van der Waals surface area contributed by atoms with E-state index < -0.39 is 18.2 Å². The largest absolute Gasteiger partial charge is 0.462 e. The molecule has 1 amide bonds. The number of aliphatic hydroxyl groups excluding tert-OH is 2. The van der Waals surface area contributed by atoms with E-state index >= 15 is 0 Å². The highest BCUT2D eigenvalue weighted by atomic mass is 16.5. The number of hydrogen-bond donors (Lipinski definition) is 3. The van der Waals surface area contributed by atoms with Crippen molar-refractivity contribution >= 4 is 11.9 Å². The van der Waals surface area contributed by atoms with Crippen LogP contribution in [0.5, 0.6) is 0 Å². The van der Waals surface area contributed by atoms with Gasteiger partial charge in [0.05, 0.1) is 25.2 Å². The first-order valence-corrected chi connectivity index (χ1v) is 26.0. The van der Waals surface area contributed by atoms with E-state index in [0.29, 0.717) is 25.7 Å². The SMILES string of the molecule is CC/C=C/C=C/C=C/C=C\CCCCCC(CC(=O)NC(CO)C(O)CCCCCCCCCCCCCCCC)OC(=O)CCC/C=C\C/C=C\C/C=C\C/C=C\CCCCC. The Balaban J connectivity index is 4.72. The molecule has 0 aliphatic heterocycles.